The highest BCUT2D eigenvalue weighted by Gasteiger charge is 2.06. The van der Waals surface area contributed by atoms with Crippen molar-refractivity contribution in [2.45, 2.75) is 6.92 Å². The third-order valence-electron chi connectivity index (χ3n) is 2.23. The minimum Gasteiger partial charge on any atom is -0.460 e. The van der Waals surface area contributed by atoms with E-state index in [-0.39, 0.29) is 0 Å². The first kappa shape index (κ1) is 12.9. The summed E-state index contributed by atoms with van der Waals surface area (Å²) in [7, 11) is 0. The third-order valence-corrected chi connectivity index (χ3v) is 2.46. The third kappa shape index (κ3) is 3.45. The molecule has 0 saturated carbocycles. The largest absolute Gasteiger partial charge is 0.460 e. The number of ether oxygens (including phenoxy) is 2. The van der Waals surface area contributed by atoms with Crippen LogP contribution in [0.1, 0.15) is 6.92 Å². The normalized spacial score (nSPS) is 10.6. The monoisotopic (exact) mass is 267 g/mol. The van der Waals surface area contributed by atoms with Gasteiger partial charge in [-0.05, 0) is 19.1 Å². The lowest BCUT2D eigenvalue weighted by Gasteiger charge is -2.00. The van der Waals surface area contributed by atoms with Crippen molar-refractivity contribution in [1.82, 2.24) is 15.2 Å². The predicted molar refractivity (Wildman–Crippen MR) is 68.8 cm³/mol. The summed E-state index contributed by atoms with van der Waals surface area (Å²) in [5.74, 6) is 0.629. The first-order valence-corrected chi connectivity index (χ1v) is 6.06. The van der Waals surface area contributed by atoms with Crippen molar-refractivity contribution >= 4 is 11.6 Å². The van der Waals surface area contributed by atoms with Gasteiger partial charge in [-0.2, -0.15) is 4.98 Å². The van der Waals surface area contributed by atoms with E-state index >= 15 is 0 Å². The number of rotatable bonds is 6. The van der Waals surface area contributed by atoms with Gasteiger partial charge in [0.05, 0.1) is 6.61 Å². The fourth-order valence-corrected chi connectivity index (χ4v) is 1.60. The van der Waals surface area contributed by atoms with Crippen LogP contribution in [0.25, 0.3) is 11.4 Å². The van der Waals surface area contributed by atoms with E-state index in [9.17, 15) is 0 Å². The molecule has 0 atom stereocenters. The maximum atomic E-state index is 5.91. The Balaban J connectivity index is 1.97. The van der Waals surface area contributed by atoms with Gasteiger partial charge in [0, 0.05) is 17.2 Å². The predicted octanol–water partition coefficient (Wildman–Crippen LogP) is 2.54. The summed E-state index contributed by atoms with van der Waals surface area (Å²) in [5.41, 5.74) is 0.870. The minimum absolute atomic E-state index is 0.310. The molecule has 0 saturated heterocycles. The highest BCUT2D eigenvalue weighted by atomic mass is 35.5. The van der Waals surface area contributed by atoms with E-state index in [0.717, 1.165) is 5.56 Å². The number of hydrogen-bond donors (Lipinski definition) is 1. The number of H-pyrrole nitrogens is 1. The van der Waals surface area contributed by atoms with Crippen LogP contribution in [0.2, 0.25) is 5.02 Å². The van der Waals surface area contributed by atoms with Gasteiger partial charge < -0.3 is 9.47 Å². The fourth-order valence-electron chi connectivity index (χ4n) is 1.41. The quantitative estimate of drug-likeness (QED) is 0.817. The number of aromatic nitrogens is 3. The number of hydrogen-bond acceptors (Lipinski definition) is 4. The molecule has 0 bridgehead atoms. The van der Waals surface area contributed by atoms with Crippen molar-refractivity contribution < 1.29 is 9.47 Å². The molecule has 0 amide bonds. The molecule has 1 heterocycles. The summed E-state index contributed by atoms with van der Waals surface area (Å²) in [6.07, 6.45) is 0. The summed E-state index contributed by atoms with van der Waals surface area (Å²) in [4.78, 5) is 4.22. The van der Waals surface area contributed by atoms with Gasteiger partial charge in [-0.1, -0.05) is 23.7 Å². The van der Waals surface area contributed by atoms with Gasteiger partial charge in [-0.3, -0.25) is 5.10 Å². The Hall–Kier alpha value is -1.59. The molecular formula is C12H14ClN3O2. The molecule has 2 rings (SSSR count). The molecule has 0 aliphatic heterocycles. The van der Waals surface area contributed by atoms with Crippen LogP contribution >= 0.6 is 11.6 Å². The van der Waals surface area contributed by atoms with E-state index in [1.807, 2.05) is 25.1 Å². The van der Waals surface area contributed by atoms with E-state index in [0.29, 0.717) is 36.7 Å². The second kappa shape index (κ2) is 6.37. The molecule has 0 aliphatic rings. The van der Waals surface area contributed by atoms with Gasteiger partial charge in [0.25, 0.3) is 0 Å². The zero-order valence-electron chi connectivity index (χ0n) is 10.0. The van der Waals surface area contributed by atoms with Crippen LogP contribution in [0, 0.1) is 0 Å². The smallest absolute Gasteiger partial charge is 0.335 e. The van der Waals surface area contributed by atoms with E-state index in [1.165, 1.54) is 0 Å². The van der Waals surface area contributed by atoms with E-state index in [1.54, 1.807) is 6.07 Å². The highest BCUT2D eigenvalue weighted by molar-refractivity contribution is 6.30. The number of halogens is 1. The average Bonchev–Trinajstić information content (AvgIpc) is 2.83. The van der Waals surface area contributed by atoms with Crippen molar-refractivity contribution in [2.75, 3.05) is 19.8 Å². The molecule has 1 aromatic heterocycles. The van der Waals surface area contributed by atoms with Crippen molar-refractivity contribution in [3.63, 3.8) is 0 Å². The van der Waals surface area contributed by atoms with Crippen molar-refractivity contribution in [3.05, 3.63) is 29.3 Å². The minimum atomic E-state index is 0.310. The Morgan fingerprint density at radius 2 is 2.22 bits per heavy atom. The molecule has 96 valence electrons. The lowest BCUT2D eigenvalue weighted by Crippen LogP contribution is -2.07. The summed E-state index contributed by atoms with van der Waals surface area (Å²) in [6, 6.07) is 7.68. The molecule has 1 aromatic carbocycles. The molecule has 0 fully saturated rings. The number of benzene rings is 1. The molecule has 5 nitrogen and oxygen atoms in total. The standard InChI is InChI=1S/C12H14ClN3O2/c1-2-17-6-7-18-12-14-11(15-16-12)9-4-3-5-10(13)8-9/h3-5,8H,2,6-7H2,1H3,(H,14,15,16). The molecular weight excluding hydrogens is 254 g/mol. The Morgan fingerprint density at radius 1 is 1.33 bits per heavy atom. The Labute approximate surface area is 110 Å². The van der Waals surface area contributed by atoms with Gasteiger partial charge in [0.2, 0.25) is 0 Å². The molecule has 0 unspecified atom stereocenters. The molecule has 6 heteroatoms. The van der Waals surface area contributed by atoms with Crippen molar-refractivity contribution in [2.24, 2.45) is 0 Å². The van der Waals surface area contributed by atoms with Crippen LogP contribution in [0.15, 0.2) is 24.3 Å². The first-order chi connectivity index (χ1) is 8.79. The van der Waals surface area contributed by atoms with Crippen molar-refractivity contribution in [1.29, 1.82) is 0 Å². The van der Waals surface area contributed by atoms with Crippen LogP contribution in [0.4, 0.5) is 0 Å². The maximum Gasteiger partial charge on any atom is 0.335 e. The Bertz CT molecular complexity index is 502. The number of nitrogens with zero attached hydrogens (tertiary/aromatic N) is 2. The second-order valence-electron chi connectivity index (χ2n) is 3.52. The fraction of sp³-hybridized carbons (Fsp3) is 0.333. The summed E-state index contributed by atoms with van der Waals surface area (Å²) >= 11 is 5.91. The molecule has 1 N–H and O–H groups in total. The van der Waals surface area contributed by atoms with Crippen LogP contribution in [0.3, 0.4) is 0 Å². The summed E-state index contributed by atoms with van der Waals surface area (Å²) < 4.78 is 10.5. The Morgan fingerprint density at radius 3 is 3.00 bits per heavy atom. The zero-order chi connectivity index (χ0) is 12.8. The SMILES string of the molecule is CCOCCOc1n[nH]c(-c2cccc(Cl)c2)n1. The zero-order valence-corrected chi connectivity index (χ0v) is 10.8. The average molecular weight is 268 g/mol. The van der Waals surface area contributed by atoms with E-state index in [2.05, 4.69) is 15.2 Å². The van der Waals surface area contributed by atoms with Gasteiger partial charge in [0.15, 0.2) is 5.82 Å². The molecule has 2 aromatic rings. The van der Waals surface area contributed by atoms with Crippen molar-refractivity contribution in [3.8, 4) is 17.4 Å². The number of nitrogens with one attached hydrogen (secondary N) is 1. The second-order valence-corrected chi connectivity index (χ2v) is 3.96. The molecule has 0 radical (unpaired) electrons. The summed E-state index contributed by atoms with van der Waals surface area (Å²) in [6.45, 7) is 3.56. The molecule has 0 spiro atoms. The topological polar surface area (TPSA) is 60.0 Å². The van der Waals surface area contributed by atoms with Crippen LogP contribution < -0.4 is 4.74 Å². The highest BCUT2D eigenvalue weighted by Crippen LogP contribution is 2.20. The lowest BCUT2D eigenvalue weighted by molar-refractivity contribution is 0.106. The van der Waals surface area contributed by atoms with Crippen LogP contribution in [-0.2, 0) is 4.74 Å². The van der Waals surface area contributed by atoms with Gasteiger partial charge in [-0.15, -0.1) is 5.10 Å². The summed E-state index contributed by atoms with van der Waals surface area (Å²) in [5, 5.41) is 7.42. The Kier molecular flexibility index (Phi) is 4.55. The van der Waals surface area contributed by atoms with E-state index < -0.39 is 0 Å². The number of aromatic amines is 1. The molecule has 0 aliphatic carbocycles. The maximum absolute atomic E-state index is 5.91. The first-order valence-electron chi connectivity index (χ1n) is 5.68. The van der Waals surface area contributed by atoms with E-state index in [4.69, 9.17) is 21.1 Å². The van der Waals surface area contributed by atoms with Gasteiger partial charge in [-0.25, -0.2) is 0 Å². The van der Waals surface area contributed by atoms with Crippen LogP contribution in [-0.4, -0.2) is 35.0 Å². The van der Waals surface area contributed by atoms with Crippen LogP contribution in [0.5, 0.6) is 6.01 Å². The lowest BCUT2D eigenvalue weighted by atomic mass is 10.2. The van der Waals surface area contributed by atoms with Gasteiger partial charge in [0.1, 0.15) is 6.61 Å². The molecule has 18 heavy (non-hydrogen) atoms. The van der Waals surface area contributed by atoms with Gasteiger partial charge >= 0.3 is 6.01 Å².